The van der Waals surface area contributed by atoms with Gasteiger partial charge < -0.3 is 21.5 Å². The smallest absolute Gasteiger partial charge is 0.405 e. The van der Waals surface area contributed by atoms with Crippen LogP contribution in [0, 0.1) is 0 Å². The first-order valence-electron chi connectivity index (χ1n) is 7.20. The molecule has 0 radical (unpaired) electrons. The van der Waals surface area contributed by atoms with E-state index in [-0.39, 0.29) is 12.1 Å². The number of fused-ring (bicyclic) bond motifs is 1. The first-order valence-corrected chi connectivity index (χ1v) is 7.20. The molecule has 2 atom stereocenters. The van der Waals surface area contributed by atoms with Crippen LogP contribution in [0.15, 0.2) is 18.2 Å². The molecule has 0 bridgehead atoms. The summed E-state index contributed by atoms with van der Waals surface area (Å²) in [6.45, 7) is 3.53. The maximum atomic E-state index is 11.1. The monoisotopic (exact) mass is 277 g/mol. The quantitative estimate of drug-likeness (QED) is 0.660. The van der Waals surface area contributed by atoms with Crippen molar-refractivity contribution < 1.29 is 9.90 Å². The second-order valence-electron chi connectivity index (χ2n) is 5.26. The fraction of sp³-hybridized carbons (Fsp3) is 0.533. The Labute approximate surface area is 119 Å². The molecule has 0 heterocycles. The molecule has 0 saturated heterocycles. The van der Waals surface area contributed by atoms with Crippen molar-refractivity contribution >= 4 is 6.09 Å². The Bertz CT molecular complexity index is 476. The van der Waals surface area contributed by atoms with Crippen molar-refractivity contribution in [2.24, 2.45) is 5.73 Å². The molecule has 5 heteroatoms. The summed E-state index contributed by atoms with van der Waals surface area (Å²) in [4.78, 5) is 11.1. The molecule has 0 fully saturated rings. The fourth-order valence-electron chi connectivity index (χ4n) is 2.86. The van der Waals surface area contributed by atoms with Crippen LogP contribution in [-0.2, 0) is 13.0 Å². The minimum Gasteiger partial charge on any atom is -0.465 e. The van der Waals surface area contributed by atoms with Gasteiger partial charge in [-0.3, -0.25) is 0 Å². The van der Waals surface area contributed by atoms with Crippen molar-refractivity contribution in [3.63, 3.8) is 0 Å². The van der Waals surface area contributed by atoms with Gasteiger partial charge in [0.25, 0.3) is 0 Å². The number of nitrogens with two attached hydrogens (primary N) is 1. The summed E-state index contributed by atoms with van der Waals surface area (Å²) < 4.78 is 0. The standard InChI is InChI=1S/C15H23N3O2/c1-2-7-17-13-6-4-11-8-10(9-16)3-5-12(11)14(13)18-15(19)20/h3,5,8,13-14,17-18H,2,4,6-7,9,16H2,1H3,(H,19,20)/t13?,14-/m1/s1. The van der Waals surface area contributed by atoms with Crippen LogP contribution in [0.1, 0.15) is 42.5 Å². The minimum atomic E-state index is -0.978. The molecule has 1 aliphatic rings. The molecule has 110 valence electrons. The van der Waals surface area contributed by atoms with Gasteiger partial charge in [0.1, 0.15) is 0 Å². The molecule has 1 aliphatic carbocycles. The third-order valence-corrected chi connectivity index (χ3v) is 3.84. The largest absolute Gasteiger partial charge is 0.465 e. The maximum Gasteiger partial charge on any atom is 0.405 e. The van der Waals surface area contributed by atoms with Crippen LogP contribution >= 0.6 is 0 Å². The van der Waals surface area contributed by atoms with E-state index in [0.29, 0.717) is 6.54 Å². The zero-order valence-corrected chi connectivity index (χ0v) is 11.9. The average Bonchev–Trinajstić information content (AvgIpc) is 2.45. The lowest BCUT2D eigenvalue weighted by Gasteiger charge is -2.34. The van der Waals surface area contributed by atoms with Gasteiger partial charge in [0.15, 0.2) is 0 Å². The summed E-state index contributed by atoms with van der Waals surface area (Å²) in [5.74, 6) is 0. The van der Waals surface area contributed by atoms with Gasteiger partial charge in [-0.25, -0.2) is 4.79 Å². The summed E-state index contributed by atoms with van der Waals surface area (Å²) in [7, 11) is 0. The molecule has 0 aromatic heterocycles. The van der Waals surface area contributed by atoms with E-state index in [9.17, 15) is 4.79 Å². The lowest BCUT2D eigenvalue weighted by Crippen LogP contribution is -2.46. The van der Waals surface area contributed by atoms with Gasteiger partial charge in [-0.15, -0.1) is 0 Å². The van der Waals surface area contributed by atoms with Crippen LogP contribution in [0.2, 0.25) is 0 Å². The van der Waals surface area contributed by atoms with Crippen molar-refractivity contribution in [2.45, 2.75) is 44.8 Å². The molecule has 0 spiro atoms. The average molecular weight is 277 g/mol. The van der Waals surface area contributed by atoms with Gasteiger partial charge in [0.05, 0.1) is 6.04 Å². The molecule has 1 aromatic rings. The molecule has 5 nitrogen and oxygen atoms in total. The van der Waals surface area contributed by atoms with E-state index in [2.05, 4.69) is 23.6 Å². The Balaban J connectivity index is 2.26. The molecule has 2 rings (SSSR count). The molecule has 5 N–H and O–H groups in total. The maximum absolute atomic E-state index is 11.1. The Kier molecular flexibility index (Phi) is 4.98. The van der Waals surface area contributed by atoms with Gasteiger partial charge in [-0.1, -0.05) is 25.1 Å². The van der Waals surface area contributed by atoms with E-state index < -0.39 is 6.09 Å². The minimum absolute atomic E-state index is 0.155. The number of aryl methyl sites for hydroxylation is 1. The molecule has 20 heavy (non-hydrogen) atoms. The van der Waals surface area contributed by atoms with Crippen LogP contribution < -0.4 is 16.4 Å². The first kappa shape index (κ1) is 14.8. The molecule has 0 aliphatic heterocycles. The molecule has 0 saturated carbocycles. The molecule has 1 unspecified atom stereocenters. The van der Waals surface area contributed by atoms with Crippen LogP contribution in [-0.4, -0.2) is 23.8 Å². The normalized spacial score (nSPS) is 21.3. The van der Waals surface area contributed by atoms with E-state index in [4.69, 9.17) is 10.8 Å². The van der Waals surface area contributed by atoms with E-state index in [0.717, 1.165) is 36.9 Å². The molecular weight excluding hydrogens is 254 g/mol. The summed E-state index contributed by atoms with van der Waals surface area (Å²) in [6.07, 6.45) is 1.96. The molecule has 1 amide bonds. The lowest BCUT2D eigenvalue weighted by atomic mass is 9.83. The Hall–Kier alpha value is -1.59. The highest BCUT2D eigenvalue weighted by Gasteiger charge is 2.30. The van der Waals surface area contributed by atoms with Crippen molar-refractivity contribution in [1.29, 1.82) is 0 Å². The number of benzene rings is 1. The van der Waals surface area contributed by atoms with Crippen LogP contribution in [0.25, 0.3) is 0 Å². The summed E-state index contributed by atoms with van der Waals surface area (Å²) in [6, 6.07) is 6.06. The number of carboxylic acid groups (broad SMARTS) is 1. The first-order chi connectivity index (χ1) is 9.65. The Morgan fingerprint density at radius 2 is 2.30 bits per heavy atom. The van der Waals surface area contributed by atoms with Crippen molar-refractivity contribution in [2.75, 3.05) is 6.54 Å². The highest BCUT2D eigenvalue weighted by atomic mass is 16.4. The second kappa shape index (κ2) is 6.72. The number of hydrogen-bond donors (Lipinski definition) is 4. The van der Waals surface area contributed by atoms with Gasteiger partial charge >= 0.3 is 6.09 Å². The van der Waals surface area contributed by atoms with Crippen molar-refractivity contribution in [3.8, 4) is 0 Å². The Morgan fingerprint density at radius 1 is 1.50 bits per heavy atom. The number of amides is 1. The molecule has 1 aromatic carbocycles. The summed E-state index contributed by atoms with van der Waals surface area (Å²) in [5, 5.41) is 15.2. The highest BCUT2D eigenvalue weighted by molar-refractivity contribution is 5.65. The van der Waals surface area contributed by atoms with E-state index in [1.807, 2.05) is 12.1 Å². The van der Waals surface area contributed by atoms with Crippen LogP contribution in [0.3, 0.4) is 0 Å². The van der Waals surface area contributed by atoms with E-state index in [1.54, 1.807) is 0 Å². The predicted molar refractivity (Wildman–Crippen MR) is 78.6 cm³/mol. The SMILES string of the molecule is CCCNC1CCc2cc(CN)ccc2[C@H]1NC(=O)O. The van der Waals surface area contributed by atoms with Crippen LogP contribution in [0.4, 0.5) is 4.79 Å². The van der Waals surface area contributed by atoms with Gasteiger partial charge in [-0.2, -0.15) is 0 Å². The summed E-state index contributed by atoms with van der Waals surface area (Å²) in [5.41, 5.74) is 9.05. The topological polar surface area (TPSA) is 87.4 Å². The Morgan fingerprint density at radius 3 is 2.95 bits per heavy atom. The summed E-state index contributed by atoms with van der Waals surface area (Å²) >= 11 is 0. The third-order valence-electron chi connectivity index (χ3n) is 3.84. The second-order valence-corrected chi connectivity index (χ2v) is 5.26. The zero-order chi connectivity index (χ0) is 14.5. The van der Waals surface area contributed by atoms with E-state index in [1.165, 1.54) is 5.56 Å². The number of rotatable bonds is 5. The zero-order valence-electron chi connectivity index (χ0n) is 11.9. The van der Waals surface area contributed by atoms with Crippen molar-refractivity contribution in [3.05, 3.63) is 34.9 Å². The number of nitrogens with one attached hydrogen (secondary N) is 2. The van der Waals surface area contributed by atoms with Crippen molar-refractivity contribution in [1.82, 2.24) is 10.6 Å². The number of carbonyl (C=O) groups is 1. The van der Waals surface area contributed by atoms with E-state index >= 15 is 0 Å². The highest BCUT2D eigenvalue weighted by Crippen LogP contribution is 2.31. The number of hydrogen-bond acceptors (Lipinski definition) is 3. The third kappa shape index (κ3) is 3.29. The van der Waals surface area contributed by atoms with Gasteiger partial charge in [0, 0.05) is 12.6 Å². The lowest BCUT2D eigenvalue weighted by molar-refractivity contribution is 0.184. The van der Waals surface area contributed by atoms with Gasteiger partial charge in [-0.05, 0) is 42.5 Å². The predicted octanol–water partition coefficient (Wildman–Crippen LogP) is 1.77. The van der Waals surface area contributed by atoms with Crippen LogP contribution in [0.5, 0.6) is 0 Å². The molecular formula is C15H23N3O2. The fourth-order valence-corrected chi connectivity index (χ4v) is 2.86. The van der Waals surface area contributed by atoms with Gasteiger partial charge in [0.2, 0.25) is 0 Å².